The summed E-state index contributed by atoms with van der Waals surface area (Å²) in [7, 11) is -2.34. The fourth-order valence-electron chi connectivity index (χ4n) is 2.38. The van der Waals surface area contributed by atoms with Crippen molar-refractivity contribution in [2.45, 2.75) is 83.7 Å². The molecule has 4 nitrogen and oxygen atoms in total. The summed E-state index contributed by atoms with van der Waals surface area (Å²) >= 11 is 0. The van der Waals surface area contributed by atoms with Crippen molar-refractivity contribution >= 4 is 49.5 Å². The minimum Gasteiger partial charge on any atom is -0.449 e. The van der Waals surface area contributed by atoms with Gasteiger partial charge in [-0.2, -0.15) is 0 Å². The summed E-state index contributed by atoms with van der Waals surface area (Å²) in [6.07, 6.45) is 14.1. The molecular formula is C13H38O4Si5. The first-order valence-electron chi connectivity index (χ1n) is 9.07. The molecule has 0 spiro atoms. The topological polar surface area (TPSA) is 36.9 Å². The van der Waals surface area contributed by atoms with E-state index in [2.05, 4.69) is 13.5 Å². The third-order valence-electron chi connectivity index (χ3n) is 3.77. The third-order valence-corrected chi connectivity index (χ3v) is 11.4. The van der Waals surface area contributed by atoms with Gasteiger partial charge in [-0.25, -0.2) is 0 Å². The van der Waals surface area contributed by atoms with E-state index in [9.17, 15) is 0 Å². The van der Waals surface area contributed by atoms with Crippen molar-refractivity contribution in [3.05, 3.63) is 0 Å². The van der Waals surface area contributed by atoms with Gasteiger partial charge in [-0.15, -0.1) is 0 Å². The molecule has 0 aliphatic heterocycles. The highest BCUT2D eigenvalue weighted by Gasteiger charge is 2.04. The normalized spacial score (nSPS) is 14.5. The van der Waals surface area contributed by atoms with Crippen LogP contribution in [0.5, 0.6) is 0 Å². The first-order chi connectivity index (χ1) is 10.8. The maximum Gasteiger partial charge on any atom is 0.286 e. The van der Waals surface area contributed by atoms with E-state index in [0.717, 1.165) is 10.5 Å². The zero-order chi connectivity index (χ0) is 16.3. The van der Waals surface area contributed by atoms with E-state index in [-0.39, 0.29) is 0 Å². The Balaban J connectivity index is 3.10. The minimum absolute atomic E-state index is 0.680. The van der Waals surface area contributed by atoms with Gasteiger partial charge in [-0.3, -0.25) is 0 Å². The lowest BCUT2D eigenvalue weighted by molar-refractivity contribution is 0.403. The van der Waals surface area contributed by atoms with E-state index in [1.54, 1.807) is 0 Å². The quantitative estimate of drug-likeness (QED) is 0.250. The Kier molecular flexibility index (Phi) is 20.8. The molecule has 0 heterocycles. The zero-order valence-electron chi connectivity index (χ0n) is 15.1. The molecule has 0 aliphatic carbocycles. The summed E-state index contributed by atoms with van der Waals surface area (Å²) in [5.74, 6) is 0. The highest BCUT2D eigenvalue weighted by Crippen LogP contribution is 2.12. The molecule has 22 heavy (non-hydrogen) atoms. The van der Waals surface area contributed by atoms with Crippen LogP contribution in [0.1, 0.15) is 71.1 Å². The van der Waals surface area contributed by atoms with E-state index >= 15 is 0 Å². The highest BCUT2D eigenvalue weighted by atomic mass is 28.4. The number of hydrogen-bond donors (Lipinski definition) is 0. The number of hydrogen-bond acceptors (Lipinski definition) is 4. The molecule has 0 aromatic heterocycles. The predicted molar refractivity (Wildman–Crippen MR) is 110 cm³/mol. The second kappa shape index (κ2) is 20.0. The molecule has 0 saturated carbocycles. The smallest absolute Gasteiger partial charge is 0.286 e. The molecule has 0 rings (SSSR count). The van der Waals surface area contributed by atoms with E-state index in [0.29, 0.717) is 0 Å². The van der Waals surface area contributed by atoms with Crippen LogP contribution >= 0.6 is 0 Å². The van der Waals surface area contributed by atoms with E-state index in [1.807, 2.05) is 0 Å². The van der Waals surface area contributed by atoms with Crippen LogP contribution in [0.3, 0.4) is 0 Å². The molecule has 0 aromatic carbocycles. The van der Waals surface area contributed by atoms with Gasteiger partial charge in [0.15, 0.2) is 9.04 Å². The van der Waals surface area contributed by atoms with Crippen molar-refractivity contribution in [2.24, 2.45) is 0 Å². The molecule has 134 valence electrons. The van der Waals surface area contributed by atoms with Crippen molar-refractivity contribution in [1.82, 2.24) is 0 Å². The van der Waals surface area contributed by atoms with Crippen molar-refractivity contribution in [2.75, 3.05) is 0 Å². The summed E-state index contributed by atoms with van der Waals surface area (Å²) in [4.78, 5) is 0. The largest absolute Gasteiger partial charge is 0.449 e. The van der Waals surface area contributed by atoms with Crippen LogP contribution in [-0.2, 0) is 16.5 Å². The first kappa shape index (κ1) is 22.9. The molecule has 1 atom stereocenters. The van der Waals surface area contributed by atoms with Crippen LogP contribution in [0, 0.1) is 0 Å². The summed E-state index contributed by atoms with van der Waals surface area (Å²) in [6, 6.07) is 1.31. The van der Waals surface area contributed by atoms with Gasteiger partial charge >= 0.3 is 0 Å². The van der Waals surface area contributed by atoms with Gasteiger partial charge in [0.2, 0.25) is 0 Å². The summed E-state index contributed by atoms with van der Waals surface area (Å²) < 4.78 is 21.9. The van der Waals surface area contributed by atoms with Gasteiger partial charge in [0.25, 0.3) is 30.0 Å². The zero-order valence-corrected chi connectivity index (χ0v) is 22.5. The Labute approximate surface area is 149 Å². The first-order valence-corrected chi connectivity index (χ1v) is 15.8. The third kappa shape index (κ3) is 19.0. The molecule has 0 amide bonds. The molecule has 0 radical (unpaired) electrons. The minimum atomic E-state index is -0.949. The van der Waals surface area contributed by atoms with Gasteiger partial charge in [0.1, 0.15) is 10.5 Å². The standard InChI is InChI=1S/C13H38O4Si5/c1-3-4-5-6-7-8-9-10-11-12-13-22(2)17-21-16-20-15-19-14-18/h22H,3-13,19-21H2,1-2,18H3. The van der Waals surface area contributed by atoms with Gasteiger partial charge < -0.3 is 16.5 Å². The molecule has 0 aromatic rings. The van der Waals surface area contributed by atoms with Crippen molar-refractivity contribution in [3.63, 3.8) is 0 Å². The molecule has 0 bridgehead atoms. The molecule has 0 fully saturated rings. The SMILES string of the molecule is CCCCCCCCCCCC[SiH](C)O[SiH2]O[SiH2]O[SiH2]O[SiH3]. The lowest BCUT2D eigenvalue weighted by atomic mass is 10.1. The highest BCUT2D eigenvalue weighted by molar-refractivity contribution is 6.57. The Morgan fingerprint density at radius 1 is 0.773 bits per heavy atom. The van der Waals surface area contributed by atoms with Crippen LogP contribution < -0.4 is 0 Å². The molecule has 1 unspecified atom stereocenters. The van der Waals surface area contributed by atoms with Crippen LogP contribution in [0.25, 0.3) is 0 Å². The van der Waals surface area contributed by atoms with Crippen LogP contribution in [0.2, 0.25) is 12.6 Å². The van der Waals surface area contributed by atoms with E-state index in [4.69, 9.17) is 16.5 Å². The van der Waals surface area contributed by atoms with Crippen molar-refractivity contribution in [1.29, 1.82) is 0 Å². The Morgan fingerprint density at radius 2 is 1.32 bits per heavy atom. The molecular weight excluding hydrogens is 361 g/mol. The lowest BCUT2D eigenvalue weighted by Gasteiger charge is -2.12. The summed E-state index contributed by atoms with van der Waals surface area (Å²) in [6.45, 7) is 4.59. The average Bonchev–Trinajstić information content (AvgIpc) is 2.52. The monoisotopic (exact) mass is 398 g/mol. The summed E-state index contributed by atoms with van der Waals surface area (Å²) in [5, 5.41) is 0. The van der Waals surface area contributed by atoms with Gasteiger partial charge in [-0.05, 0) is 12.6 Å². The van der Waals surface area contributed by atoms with Gasteiger partial charge in [-0.1, -0.05) is 71.1 Å². The average molecular weight is 399 g/mol. The van der Waals surface area contributed by atoms with Crippen LogP contribution in [0.15, 0.2) is 0 Å². The van der Waals surface area contributed by atoms with Gasteiger partial charge in [0, 0.05) is 0 Å². The van der Waals surface area contributed by atoms with Crippen LogP contribution in [-0.4, -0.2) is 49.5 Å². The fourth-order valence-corrected chi connectivity index (χ4v) is 10.3. The molecule has 0 saturated heterocycles. The lowest BCUT2D eigenvalue weighted by Crippen LogP contribution is -2.21. The van der Waals surface area contributed by atoms with Crippen molar-refractivity contribution in [3.8, 4) is 0 Å². The van der Waals surface area contributed by atoms with Gasteiger partial charge in [0.05, 0.1) is 0 Å². The molecule has 0 aliphatic rings. The van der Waals surface area contributed by atoms with E-state index in [1.165, 1.54) is 70.3 Å². The van der Waals surface area contributed by atoms with Crippen LogP contribution in [0.4, 0.5) is 0 Å². The van der Waals surface area contributed by atoms with Crippen molar-refractivity contribution < 1.29 is 16.5 Å². The van der Waals surface area contributed by atoms with E-state index < -0.39 is 39.1 Å². The summed E-state index contributed by atoms with van der Waals surface area (Å²) in [5.41, 5.74) is 0. The fraction of sp³-hybridized carbons (Fsp3) is 1.00. The maximum absolute atomic E-state index is 5.90. The molecule has 0 N–H and O–H groups in total. The second-order valence-electron chi connectivity index (χ2n) is 6.00. The Hall–Kier alpha value is 0.924. The second-order valence-corrected chi connectivity index (χ2v) is 15.8. The Morgan fingerprint density at radius 3 is 1.91 bits per heavy atom. The number of rotatable bonds is 18. The maximum atomic E-state index is 5.90. The predicted octanol–water partition coefficient (Wildman–Crippen LogP) is 0.604. The Bertz CT molecular complexity index is 215. The number of unbranched alkanes of at least 4 members (excludes halogenated alkanes) is 9. The molecule has 9 heteroatoms.